The third-order valence-electron chi connectivity index (χ3n) is 4.62. The third-order valence-corrected chi connectivity index (χ3v) is 4.62. The lowest BCUT2D eigenvalue weighted by atomic mass is 9.85. The highest BCUT2D eigenvalue weighted by molar-refractivity contribution is 4.98. The molecule has 17 heavy (non-hydrogen) atoms. The van der Waals surface area contributed by atoms with Gasteiger partial charge in [0, 0.05) is 13.1 Å². The summed E-state index contributed by atoms with van der Waals surface area (Å²) in [6.07, 6.45) is 6.10. The fourth-order valence-corrected chi connectivity index (χ4v) is 3.01. The molecule has 0 spiro atoms. The van der Waals surface area contributed by atoms with Gasteiger partial charge in [0.25, 0.3) is 0 Å². The fraction of sp³-hybridized carbons (Fsp3) is 1.00. The molecule has 2 rings (SSSR count). The van der Waals surface area contributed by atoms with Crippen LogP contribution in [0.3, 0.4) is 0 Å². The van der Waals surface area contributed by atoms with Crippen LogP contribution in [-0.2, 0) is 0 Å². The van der Waals surface area contributed by atoms with Crippen molar-refractivity contribution < 1.29 is 5.11 Å². The predicted octanol–water partition coefficient (Wildman–Crippen LogP) is 1.60. The first-order valence-electron chi connectivity index (χ1n) is 7.10. The third kappa shape index (κ3) is 3.43. The maximum atomic E-state index is 10.6. The number of nitrogens with two attached hydrogens (primary N) is 1. The van der Waals surface area contributed by atoms with Gasteiger partial charge in [0.05, 0.1) is 5.60 Å². The molecule has 0 aromatic carbocycles. The van der Waals surface area contributed by atoms with E-state index in [0.717, 1.165) is 32.5 Å². The first-order chi connectivity index (χ1) is 7.95. The van der Waals surface area contributed by atoms with E-state index in [4.69, 9.17) is 5.73 Å². The van der Waals surface area contributed by atoms with E-state index in [-0.39, 0.29) is 0 Å². The summed E-state index contributed by atoms with van der Waals surface area (Å²) in [5.74, 6) is 0.462. The van der Waals surface area contributed by atoms with Crippen LogP contribution >= 0.6 is 0 Å². The summed E-state index contributed by atoms with van der Waals surface area (Å²) in [5.41, 5.74) is 5.63. The topological polar surface area (TPSA) is 49.5 Å². The molecular weight excluding hydrogens is 212 g/mol. The van der Waals surface area contributed by atoms with Crippen LogP contribution in [0.25, 0.3) is 0 Å². The van der Waals surface area contributed by atoms with Gasteiger partial charge in [0.2, 0.25) is 0 Å². The number of aliphatic hydroxyl groups is 1. The minimum atomic E-state index is -0.617. The van der Waals surface area contributed by atoms with Crippen molar-refractivity contribution in [1.82, 2.24) is 4.90 Å². The molecule has 1 unspecified atom stereocenters. The Kier molecular flexibility index (Phi) is 3.81. The van der Waals surface area contributed by atoms with Gasteiger partial charge < -0.3 is 15.7 Å². The summed E-state index contributed by atoms with van der Waals surface area (Å²) in [7, 11) is 0. The largest absolute Gasteiger partial charge is 0.387 e. The van der Waals surface area contributed by atoms with E-state index in [1.807, 2.05) is 0 Å². The van der Waals surface area contributed by atoms with Crippen molar-refractivity contribution in [3.63, 3.8) is 0 Å². The lowest BCUT2D eigenvalue weighted by Crippen LogP contribution is -2.50. The average molecular weight is 240 g/mol. The first kappa shape index (κ1) is 13.3. The molecule has 0 aromatic rings. The van der Waals surface area contributed by atoms with E-state index in [2.05, 4.69) is 18.7 Å². The molecule has 0 radical (unpaired) electrons. The number of hydrogen-bond acceptors (Lipinski definition) is 3. The zero-order valence-electron chi connectivity index (χ0n) is 11.4. The first-order valence-corrected chi connectivity index (χ1v) is 7.10. The minimum Gasteiger partial charge on any atom is -0.387 e. The number of likely N-dealkylation sites (tertiary alicyclic amines) is 1. The molecular formula is C14H28N2O. The Morgan fingerprint density at radius 3 is 2.59 bits per heavy atom. The van der Waals surface area contributed by atoms with Crippen molar-refractivity contribution in [1.29, 1.82) is 0 Å². The molecule has 100 valence electrons. The van der Waals surface area contributed by atoms with Crippen LogP contribution < -0.4 is 5.73 Å². The van der Waals surface area contributed by atoms with Gasteiger partial charge in [-0.05, 0) is 56.5 Å². The second-order valence-corrected chi connectivity index (χ2v) is 6.88. The molecule has 0 aromatic heterocycles. The molecule has 3 N–H and O–H groups in total. The Bertz CT molecular complexity index is 263. The monoisotopic (exact) mass is 240 g/mol. The molecule has 3 nitrogen and oxygen atoms in total. The van der Waals surface area contributed by atoms with Crippen molar-refractivity contribution in [2.45, 2.75) is 51.6 Å². The number of rotatable bonds is 4. The molecule has 1 atom stereocenters. The van der Waals surface area contributed by atoms with Crippen LogP contribution in [0.5, 0.6) is 0 Å². The summed E-state index contributed by atoms with van der Waals surface area (Å²) < 4.78 is 0. The summed E-state index contributed by atoms with van der Waals surface area (Å²) in [4.78, 5) is 2.43. The number of hydrogen-bond donors (Lipinski definition) is 2. The van der Waals surface area contributed by atoms with Crippen LogP contribution in [0.15, 0.2) is 0 Å². The van der Waals surface area contributed by atoms with Gasteiger partial charge in [-0.25, -0.2) is 0 Å². The van der Waals surface area contributed by atoms with Gasteiger partial charge in [-0.1, -0.05) is 13.8 Å². The summed E-state index contributed by atoms with van der Waals surface area (Å²) in [6, 6.07) is 0. The molecule has 2 aliphatic rings. The standard InChI is InChI=1S/C14H28N2O/c1-13(2)6-3-8-16(9-7-13)11-14(17,10-15)12-4-5-12/h12,17H,3-11,15H2,1-2H3. The molecule has 1 saturated heterocycles. The van der Waals surface area contributed by atoms with Crippen LogP contribution in [0.1, 0.15) is 46.0 Å². The molecule has 1 saturated carbocycles. The van der Waals surface area contributed by atoms with Crippen molar-refractivity contribution in [3.8, 4) is 0 Å². The molecule has 2 fully saturated rings. The van der Waals surface area contributed by atoms with Crippen molar-refractivity contribution in [2.24, 2.45) is 17.1 Å². The van der Waals surface area contributed by atoms with Crippen molar-refractivity contribution in [3.05, 3.63) is 0 Å². The van der Waals surface area contributed by atoms with Crippen molar-refractivity contribution in [2.75, 3.05) is 26.2 Å². The van der Waals surface area contributed by atoms with Crippen LogP contribution in [0, 0.1) is 11.3 Å². The molecule has 3 heteroatoms. The number of β-amino-alcohol motifs (C(OH)–C–C–N with tert-alkyl or cyclic N) is 1. The van der Waals surface area contributed by atoms with Gasteiger partial charge >= 0.3 is 0 Å². The Morgan fingerprint density at radius 1 is 1.29 bits per heavy atom. The molecule has 1 heterocycles. The summed E-state index contributed by atoms with van der Waals surface area (Å²) in [6.45, 7) is 8.14. The zero-order chi connectivity index (χ0) is 12.5. The highest BCUT2D eigenvalue weighted by Gasteiger charge is 2.44. The fourth-order valence-electron chi connectivity index (χ4n) is 3.01. The van der Waals surface area contributed by atoms with E-state index in [9.17, 15) is 5.11 Å². The van der Waals surface area contributed by atoms with E-state index in [0.29, 0.717) is 17.9 Å². The quantitative estimate of drug-likeness (QED) is 0.785. The van der Waals surface area contributed by atoms with Gasteiger partial charge in [0.15, 0.2) is 0 Å². The summed E-state index contributed by atoms with van der Waals surface area (Å²) in [5, 5.41) is 10.6. The predicted molar refractivity (Wildman–Crippen MR) is 70.8 cm³/mol. The van der Waals surface area contributed by atoms with E-state index in [1.165, 1.54) is 19.3 Å². The van der Waals surface area contributed by atoms with E-state index in [1.54, 1.807) is 0 Å². The minimum absolute atomic E-state index is 0.414. The van der Waals surface area contributed by atoms with E-state index >= 15 is 0 Å². The Hall–Kier alpha value is -0.120. The SMILES string of the molecule is CC1(C)CCCN(CC(O)(CN)C2CC2)CC1. The van der Waals surface area contributed by atoms with E-state index < -0.39 is 5.60 Å². The Balaban J connectivity index is 1.90. The van der Waals surface area contributed by atoms with Crippen LogP contribution in [0.4, 0.5) is 0 Å². The van der Waals surface area contributed by atoms with Crippen LogP contribution in [0.2, 0.25) is 0 Å². The van der Waals surface area contributed by atoms with Crippen molar-refractivity contribution >= 4 is 0 Å². The van der Waals surface area contributed by atoms with Crippen LogP contribution in [-0.4, -0.2) is 41.8 Å². The highest BCUT2D eigenvalue weighted by atomic mass is 16.3. The lowest BCUT2D eigenvalue weighted by molar-refractivity contribution is -0.00801. The molecule has 1 aliphatic heterocycles. The Morgan fingerprint density at radius 2 is 2.00 bits per heavy atom. The second-order valence-electron chi connectivity index (χ2n) is 6.88. The normalized spacial score (nSPS) is 29.6. The van der Waals surface area contributed by atoms with Gasteiger partial charge in [0.1, 0.15) is 0 Å². The van der Waals surface area contributed by atoms with Gasteiger partial charge in [-0.2, -0.15) is 0 Å². The lowest BCUT2D eigenvalue weighted by Gasteiger charge is -2.33. The molecule has 0 amide bonds. The van der Waals surface area contributed by atoms with Gasteiger partial charge in [-0.3, -0.25) is 0 Å². The molecule has 1 aliphatic carbocycles. The molecule has 0 bridgehead atoms. The zero-order valence-corrected chi connectivity index (χ0v) is 11.4. The Labute approximate surface area is 105 Å². The average Bonchev–Trinajstić information content (AvgIpc) is 3.08. The smallest absolute Gasteiger partial charge is 0.0923 e. The second kappa shape index (κ2) is 4.87. The summed E-state index contributed by atoms with van der Waals surface area (Å²) >= 11 is 0. The maximum absolute atomic E-state index is 10.6. The highest BCUT2D eigenvalue weighted by Crippen LogP contribution is 2.40. The maximum Gasteiger partial charge on any atom is 0.0923 e. The van der Waals surface area contributed by atoms with Gasteiger partial charge in [-0.15, -0.1) is 0 Å². The number of nitrogens with zero attached hydrogens (tertiary/aromatic N) is 1.